The van der Waals surface area contributed by atoms with Crippen molar-refractivity contribution in [3.05, 3.63) is 71.9 Å². The molecule has 1 amide bonds. The van der Waals surface area contributed by atoms with E-state index in [0.717, 1.165) is 37.3 Å². The quantitative estimate of drug-likeness (QED) is 0.790. The van der Waals surface area contributed by atoms with E-state index in [0.29, 0.717) is 6.04 Å². The van der Waals surface area contributed by atoms with E-state index in [9.17, 15) is 4.79 Å². The van der Waals surface area contributed by atoms with Crippen LogP contribution in [0.4, 0.5) is 5.82 Å². The molecule has 4 nitrogen and oxygen atoms in total. The molecule has 0 unspecified atom stereocenters. The standard InChI is InChI=1S/C23H27N3O/c1-18(2)25-22-12-10-19(17-24-22)11-13-23(27)26-15-6-9-21(14-16-26)20-7-4-3-5-8-20/h3-5,7-13,17-18H,6,14-16H2,1-2H3,(H,24,25). The molecule has 4 heteroatoms. The summed E-state index contributed by atoms with van der Waals surface area (Å²) in [5.41, 5.74) is 3.51. The van der Waals surface area contributed by atoms with Crippen LogP contribution in [0.1, 0.15) is 37.8 Å². The van der Waals surface area contributed by atoms with Gasteiger partial charge in [-0.15, -0.1) is 0 Å². The number of hydrogen-bond donors (Lipinski definition) is 1. The Labute approximate surface area is 161 Å². The van der Waals surface area contributed by atoms with Gasteiger partial charge >= 0.3 is 0 Å². The maximum atomic E-state index is 12.6. The van der Waals surface area contributed by atoms with Crippen molar-refractivity contribution in [1.29, 1.82) is 0 Å². The van der Waals surface area contributed by atoms with E-state index in [2.05, 4.69) is 54.5 Å². The summed E-state index contributed by atoms with van der Waals surface area (Å²) in [5.74, 6) is 0.905. The third-order valence-electron chi connectivity index (χ3n) is 4.54. The molecule has 0 aliphatic carbocycles. The molecule has 0 fully saturated rings. The lowest BCUT2D eigenvalue weighted by molar-refractivity contribution is -0.125. The van der Waals surface area contributed by atoms with Crippen LogP contribution >= 0.6 is 0 Å². The minimum Gasteiger partial charge on any atom is -0.368 e. The maximum absolute atomic E-state index is 12.6. The number of carbonyl (C=O) groups excluding carboxylic acids is 1. The maximum Gasteiger partial charge on any atom is 0.246 e. The van der Waals surface area contributed by atoms with Crippen molar-refractivity contribution in [2.75, 3.05) is 18.4 Å². The molecule has 1 aromatic carbocycles. The van der Waals surface area contributed by atoms with Gasteiger partial charge in [0.25, 0.3) is 0 Å². The first-order valence-electron chi connectivity index (χ1n) is 9.56. The summed E-state index contributed by atoms with van der Waals surface area (Å²) < 4.78 is 0. The average molecular weight is 361 g/mol. The molecular formula is C23H27N3O. The van der Waals surface area contributed by atoms with Gasteiger partial charge in [-0.3, -0.25) is 4.79 Å². The van der Waals surface area contributed by atoms with Crippen molar-refractivity contribution in [3.8, 4) is 0 Å². The van der Waals surface area contributed by atoms with E-state index in [1.807, 2.05) is 29.2 Å². The number of rotatable bonds is 5. The van der Waals surface area contributed by atoms with E-state index in [-0.39, 0.29) is 5.91 Å². The molecule has 2 heterocycles. The van der Waals surface area contributed by atoms with E-state index in [1.165, 1.54) is 11.1 Å². The highest BCUT2D eigenvalue weighted by atomic mass is 16.2. The lowest BCUT2D eigenvalue weighted by Crippen LogP contribution is -2.30. The SMILES string of the molecule is CC(C)Nc1ccc(C=CC(=O)N2CCC=C(c3ccccc3)CC2)cn1. The monoisotopic (exact) mass is 361 g/mol. The third kappa shape index (κ3) is 5.55. The Balaban J connectivity index is 1.56. The Bertz CT molecular complexity index is 807. The zero-order valence-electron chi connectivity index (χ0n) is 16.1. The highest BCUT2D eigenvalue weighted by Crippen LogP contribution is 2.22. The highest BCUT2D eigenvalue weighted by molar-refractivity contribution is 5.92. The van der Waals surface area contributed by atoms with Gasteiger partial charge in [-0.05, 0) is 61.6 Å². The minimum atomic E-state index is 0.0575. The Morgan fingerprint density at radius 1 is 1.15 bits per heavy atom. The van der Waals surface area contributed by atoms with Gasteiger partial charge in [0.15, 0.2) is 0 Å². The summed E-state index contributed by atoms with van der Waals surface area (Å²) in [7, 11) is 0. The number of nitrogens with zero attached hydrogens (tertiary/aromatic N) is 2. The summed E-state index contributed by atoms with van der Waals surface area (Å²) in [6, 6.07) is 14.7. The molecule has 0 saturated heterocycles. The van der Waals surface area contributed by atoms with Crippen LogP contribution in [0.25, 0.3) is 11.6 Å². The summed E-state index contributed by atoms with van der Waals surface area (Å²) in [4.78, 5) is 18.9. The van der Waals surface area contributed by atoms with Crippen molar-refractivity contribution in [1.82, 2.24) is 9.88 Å². The van der Waals surface area contributed by atoms with E-state index in [4.69, 9.17) is 0 Å². The Morgan fingerprint density at radius 2 is 1.96 bits per heavy atom. The predicted molar refractivity (Wildman–Crippen MR) is 112 cm³/mol. The fourth-order valence-electron chi connectivity index (χ4n) is 3.16. The van der Waals surface area contributed by atoms with Gasteiger partial charge < -0.3 is 10.2 Å². The number of carbonyl (C=O) groups is 1. The first kappa shape index (κ1) is 18.9. The summed E-state index contributed by atoms with van der Waals surface area (Å²) in [5, 5.41) is 3.26. The van der Waals surface area contributed by atoms with Gasteiger partial charge in [0, 0.05) is 31.4 Å². The number of pyridine rings is 1. The molecule has 1 aliphatic rings. The van der Waals surface area contributed by atoms with Crippen LogP contribution in [0.15, 0.2) is 60.8 Å². The van der Waals surface area contributed by atoms with E-state index < -0.39 is 0 Å². The van der Waals surface area contributed by atoms with Crippen molar-refractivity contribution in [2.45, 2.75) is 32.7 Å². The summed E-state index contributed by atoms with van der Waals surface area (Å²) >= 11 is 0. The van der Waals surface area contributed by atoms with Crippen molar-refractivity contribution < 1.29 is 4.79 Å². The van der Waals surface area contributed by atoms with Crippen LogP contribution in [-0.4, -0.2) is 34.9 Å². The zero-order chi connectivity index (χ0) is 19.1. The lowest BCUT2D eigenvalue weighted by atomic mass is 10.0. The second-order valence-electron chi connectivity index (χ2n) is 7.07. The number of anilines is 1. The van der Waals surface area contributed by atoms with Crippen LogP contribution in [0, 0.1) is 0 Å². The molecule has 1 aliphatic heterocycles. The second-order valence-corrected chi connectivity index (χ2v) is 7.07. The van der Waals surface area contributed by atoms with Crippen LogP contribution < -0.4 is 5.32 Å². The van der Waals surface area contributed by atoms with Crippen LogP contribution in [0.5, 0.6) is 0 Å². The first-order valence-corrected chi connectivity index (χ1v) is 9.56. The van der Waals surface area contributed by atoms with Crippen LogP contribution in [-0.2, 0) is 4.79 Å². The van der Waals surface area contributed by atoms with Gasteiger partial charge in [-0.2, -0.15) is 0 Å². The Kier molecular flexibility index (Phi) is 6.42. The molecule has 0 saturated carbocycles. The number of benzene rings is 1. The van der Waals surface area contributed by atoms with Crippen LogP contribution in [0.3, 0.4) is 0 Å². The molecule has 140 valence electrons. The number of aromatic nitrogens is 1. The fourth-order valence-corrected chi connectivity index (χ4v) is 3.16. The predicted octanol–water partition coefficient (Wildman–Crippen LogP) is 4.62. The Morgan fingerprint density at radius 3 is 2.67 bits per heavy atom. The van der Waals surface area contributed by atoms with Gasteiger partial charge in [0.1, 0.15) is 5.82 Å². The minimum absolute atomic E-state index is 0.0575. The zero-order valence-corrected chi connectivity index (χ0v) is 16.1. The van der Waals surface area contributed by atoms with Crippen molar-refractivity contribution in [3.63, 3.8) is 0 Å². The normalized spacial score (nSPS) is 14.9. The molecule has 1 aromatic heterocycles. The summed E-state index contributed by atoms with van der Waals surface area (Å²) in [6.07, 6.45) is 9.31. The third-order valence-corrected chi connectivity index (χ3v) is 4.54. The molecule has 3 rings (SSSR count). The smallest absolute Gasteiger partial charge is 0.246 e. The molecular weight excluding hydrogens is 334 g/mol. The molecule has 27 heavy (non-hydrogen) atoms. The van der Waals surface area contributed by atoms with Gasteiger partial charge in [0.05, 0.1) is 0 Å². The first-order chi connectivity index (χ1) is 13.1. The molecule has 2 aromatic rings. The lowest BCUT2D eigenvalue weighted by Gasteiger charge is -2.18. The number of hydrogen-bond acceptors (Lipinski definition) is 3. The molecule has 1 N–H and O–H groups in total. The fraction of sp³-hybridized carbons (Fsp3) is 0.304. The molecule has 0 spiro atoms. The largest absolute Gasteiger partial charge is 0.368 e. The van der Waals surface area contributed by atoms with Gasteiger partial charge in [0.2, 0.25) is 5.91 Å². The van der Waals surface area contributed by atoms with Gasteiger partial charge in [-0.1, -0.05) is 36.4 Å². The van der Waals surface area contributed by atoms with E-state index in [1.54, 1.807) is 12.3 Å². The Hall–Kier alpha value is -2.88. The van der Waals surface area contributed by atoms with Gasteiger partial charge in [-0.25, -0.2) is 4.98 Å². The number of nitrogens with one attached hydrogen (secondary N) is 1. The number of amides is 1. The molecule has 0 bridgehead atoms. The highest BCUT2D eigenvalue weighted by Gasteiger charge is 2.14. The second kappa shape index (κ2) is 9.17. The molecule has 0 radical (unpaired) electrons. The summed E-state index contributed by atoms with van der Waals surface area (Å²) in [6.45, 7) is 5.66. The molecule has 0 atom stereocenters. The van der Waals surface area contributed by atoms with E-state index >= 15 is 0 Å². The van der Waals surface area contributed by atoms with Crippen molar-refractivity contribution in [2.24, 2.45) is 0 Å². The van der Waals surface area contributed by atoms with Crippen LogP contribution in [0.2, 0.25) is 0 Å². The topological polar surface area (TPSA) is 45.2 Å². The average Bonchev–Trinajstić information content (AvgIpc) is 2.94. The van der Waals surface area contributed by atoms with Crippen molar-refractivity contribution >= 4 is 23.4 Å².